The van der Waals surface area contributed by atoms with Crippen molar-refractivity contribution < 1.29 is 13.9 Å². The molecule has 0 aliphatic heterocycles. The van der Waals surface area contributed by atoms with E-state index < -0.39 is 0 Å². The van der Waals surface area contributed by atoms with Gasteiger partial charge >= 0.3 is 0 Å². The lowest BCUT2D eigenvalue weighted by atomic mass is 10.2. The average molecular weight is 456 g/mol. The summed E-state index contributed by atoms with van der Waals surface area (Å²) in [4.78, 5) is 29.6. The van der Waals surface area contributed by atoms with E-state index in [1.807, 2.05) is 0 Å². The zero-order valence-corrected chi connectivity index (χ0v) is 17.8. The summed E-state index contributed by atoms with van der Waals surface area (Å²) in [7, 11) is 1.47. The molecule has 2 heterocycles. The highest BCUT2D eigenvalue weighted by molar-refractivity contribution is 6.31. The lowest BCUT2D eigenvalue weighted by Crippen LogP contribution is -2.28. The molecular weight excluding hydrogens is 437 g/mol. The molecule has 0 bridgehead atoms. The molecule has 0 aliphatic rings. The van der Waals surface area contributed by atoms with Gasteiger partial charge in [0.15, 0.2) is 5.65 Å². The van der Waals surface area contributed by atoms with Crippen molar-refractivity contribution in [2.24, 2.45) is 0 Å². The number of methoxy groups -OCH3 is 1. The van der Waals surface area contributed by atoms with Gasteiger partial charge in [0, 0.05) is 11.6 Å². The van der Waals surface area contributed by atoms with Crippen LogP contribution in [0.2, 0.25) is 5.02 Å². The third-order valence-electron chi connectivity index (χ3n) is 4.88. The molecule has 32 heavy (non-hydrogen) atoms. The van der Waals surface area contributed by atoms with Crippen LogP contribution in [0.1, 0.15) is 15.9 Å². The van der Waals surface area contributed by atoms with Crippen LogP contribution < -0.4 is 15.6 Å². The zero-order chi connectivity index (χ0) is 22.7. The van der Waals surface area contributed by atoms with E-state index in [4.69, 9.17) is 16.3 Å². The Labute approximate surface area is 187 Å². The van der Waals surface area contributed by atoms with E-state index in [-0.39, 0.29) is 30.4 Å². The number of hydrogen-bond donors (Lipinski definition) is 1. The van der Waals surface area contributed by atoms with E-state index in [0.717, 1.165) is 0 Å². The Hall–Kier alpha value is -3.72. The van der Waals surface area contributed by atoms with Crippen LogP contribution in [0.4, 0.5) is 4.39 Å². The zero-order valence-electron chi connectivity index (χ0n) is 17.1. The van der Waals surface area contributed by atoms with Crippen molar-refractivity contribution in [3.8, 4) is 5.75 Å². The lowest BCUT2D eigenvalue weighted by molar-refractivity contribution is 0.0949. The fraction of sp³-hybridized carbons (Fsp3) is 0.182. The summed E-state index contributed by atoms with van der Waals surface area (Å²) in [5, 5.41) is 7.77. The molecule has 0 saturated carbocycles. The topological polar surface area (TPSA) is 91.0 Å². The van der Waals surface area contributed by atoms with Gasteiger partial charge in [-0.3, -0.25) is 14.2 Å². The summed E-state index contributed by atoms with van der Waals surface area (Å²) >= 11 is 5.98. The van der Waals surface area contributed by atoms with Crippen molar-refractivity contribution in [2.75, 3.05) is 13.7 Å². The molecule has 0 aliphatic carbocycles. The summed E-state index contributed by atoms with van der Waals surface area (Å²) in [6, 6.07) is 10.8. The van der Waals surface area contributed by atoms with Crippen LogP contribution in [0.25, 0.3) is 11.0 Å². The van der Waals surface area contributed by atoms with Gasteiger partial charge in [-0.1, -0.05) is 23.7 Å². The number of carbonyl (C=O) groups excluding carboxylic acids is 1. The summed E-state index contributed by atoms with van der Waals surface area (Å²) in [5.41, 5.74) is 1.10. The van der Waals surface area contributed by atoms with E-state index in [9.17, 15) is 14.0 Å². The van der Waals surface area contributed by atoms with Gasteiger partial charge in [-0.05, 0) is 35.9 Å². The molecule has 0 atom stereocenters. The third-order valence-corrected chi connectivity index (χ3v) is 5.11. The predicted octanol–water partition coefficient (Wildman–Crippen LogP) is 2.87. The predicted molar refractivity (Wildman–Crippen MR) is 118 cm³/mol. The highest BCUT2D eigenvalue weighted by atomic mass is 35.5. The number of aromatic nitrogens is 4. The van der Waals surface area contributed by atoms with Gasteiger partial charge in [0.05, 0.1) is 32.0 Å². The molecule has 164 valence electrons. The van der Waals surface area contributed by atoms with Crippen LogP contribution in [-0.2, 0) is 13.1 Å². The van der Waals surface area contributed by atoms with Crippen molar-refractivity contribution in [1.82, 2.24) is 24.6 Å². The SMILES string of the molecule is COc1ccc(Cl)cc1C(=O)NCCn1ncc2c(=O)n(Cc3cccc(F)c3)cnc21. The van der Waals surface area contributed by atoms with E-state index in [0.29, 0.717) is 39.5 Å². The van der Waals surface area contributed by atoms with E-state index in [1.165, 1.54) is 42.4 Å². The minimum absolute atomic E-state index is 0.197. The summed E-state index contributed by atoms with van der Waals surface area (Å²) in [6.45, 7) is 0.750. The molecule has 4 rings (SSSR count). The standard InChI is InChI=1S/C22H19ClFN5O3/c1-32-19-6-5-15(23)10-17(19)21(30)25-7-8-29-20-18(11-27-29)22(31)28(13-26-20)12-14-3-2-4-16(24)9-14/h2-6,9-11,13H,7-8,12H2,1H3,(H,25,30). The van der Waals surface area contributed by atoms with Crippen LogP contribution in [0.5, 0.6) is 5.75 Å². The molecular formula is C22H19ClFN5O3. The fourth-order valence-electron chi connectivity index (χ4n) is 3.33. The Balaban J connectivity index is 1.47. The van der Waals surface area contributed by atoms with Gasteiger partial charge in [0.25, 0.3) is 11.5 Å². The number of fused-ring (bicyclic) bond motifs is 1. The van der Waals surface area contributed by atoms with Gasteiger partial charge < -0.3 is 10.1 Å². The third kappa shape index (κ3) is 4.47. The maximum atomic E-state index is 13.4. The van der Waals surface area contributed by atoms with Crippen molar-refractivity contribution in [3.63, 3.8) is 0 Å². The largest absolute Gasteiger partial charge is 0.496 e. The van der Waals surface area contributed by atoms with E-state index >= 15 is 0 Å². The van der Waals surface area contributed by atoms with Gasteiger partial charge in [-0.15, -0.1) is 0 Å². The normalized spacial score (nSPS) is 11.0. The van der Waals surface area contributed by atoms with Crippen molar-refractivity contribution in [2.45, 2.75) is 13.1 Å². The number of nitrogens with one attached hydrogen (secondary N) is 1. The van der Waals surface area contributed by atoms with Crippen molar-refractivity contribution in [1.29, 1.82) is 0 Å². The minimum Gasteiger partial charge on any atom is -0.496 e. The number of rotatable bonds is 7. The van der Waals surface area contributed by atoms with Crippen molar-refractivity contribution in [3.05, 3.63) is 87.3 Å². The smallest absolute Gasteiger partial charge is 0.264 e. The second-order valence-electron chi connectivity index (χ2n) is 7.01. The Bertz CT molecular complexity index is 1350. The molecule has 4 aromatic rings. The first kappa shape index (κ1) is 21.5. The minimum atomic E-state index is -0.366. The van der Waals surface area contributed by atoms with E-state index in [1.54, 1.807) is 28.9 Å². The van der Waals surface area contributed by atoms with Gasteiger partial charge in [0.2, 0.25) is 0 Å². The second kappa shape index (κ2) is 9.19. The van der Waals surface area contributed by atoms with Crippen molar-refractivity contribution >= 4 is 28.5 Å². The average Bonchev–Trinajstić information content (AvgIpc) is 3.19. The van der Waals surface area contributed by atoms with Gasteiger partial charge in [0.1, 0.15) is 23.3 Å². The number of amides is 1. The Morgan fingerprint density at radius 1 is 1.25 bits per heavy atom. The lowest BCUT2D eigenvalue weighted by Gasteiger charge is -2.10. The molecule has 2 aromatic heterocycles. The fourth-order valence-corrected chi connectivity index (χ4v) is 3.51. The second-order valence-corrected chi connectivity index (χ2v) is 7.45. The highest BCUT2D eigenvalue weighted by Crippen LogP contribution is 2.22. The molecule has 10 heteroatoms. The quantitative estimate of drug-likeness (QED) is 0.462. The van der Waals surface area contributed by atoms with Gasteiger partial charge in [-0.2, -0.15) is 5.10 Å². The Morgan fingerprint density at radius 3 is 2.88 bits per heavy atom. The molecule has 0 saturated heterocycles. The molecule has 0 fully saturated rings. The van der Waals surface area contributed by atoms with Crippen LogP contribution in [0.3, 0.4) is 0 Å². The van der Waals surface area contributed by atoms with Crippen LogP contribution in [0, 0.1) is 5.82 Å². The Kier molecular flexibility index (Phi) is 6.18. The van der Waals surface area contributed by atoms with Crippen LogP contribution in [-0.4, -0.2) is 38.9 Å². The first-order valence-electron chi connectivity index (χ1n) is 9.73. The number of carbonyl (C=O) groups is 1. The van der Waals surface area contributed by atoms with Crippen LogP contribution >= 0.6 is 11.6 Å². The summed E-state index contributed by atoms with van der Waals surface area (Å²) in [6.07, 6.45) is 2.84. The Morgan fingerprint density at radius 2 is 2.09 bits per heavy atom. The maximum absolute atomic E-state index is 13.4. The number of ether oxygens (including phenoxy) is 1. The number of hydrogen-bond acceptors (Lipinski definition) is 5. The summed E-state index contributed by atoms with van der Waals surface area (Å²) in [5.74, 6) is -0.293. The first-order valence-corrected chi connectivity index (χ1v) is 10.1. The number of nitrogens with zero attached hydrogens (tertiary/aromatic N) is 4. The number of halogens is 2. The molecule has 8 nitrogen and oxygen atoms in total. The molecule has 0 unspecified atom stereocenters. The molecule has 1 amide bonds. The van der Waals surface area contributed by atoms with Crippen LogP contribution in [0.15, 0.2) is 59.8 Å². The first-order chi connectivity index (χ1) is 15.5. The molecule has 0 radical (unpaired) electrons. The molecule has 0 spiro atoms. The maximum Gasteiger partial charge on any atom is 0.264 e. The molecule has 2 aromatic carbocycles. The van der Waals surface area contributed by atoms with E-state index in [2.05, 4.69) is 15.4 Å². The molecule has 1 N–H and O–H groups in total. The number of benzene rings is 2. The highest BCUT2D eigenvalue weighted by Gasteiger charge is 2.14. The monoisotopic (exact) mass is 455 g/mol. The van der Waals surface area contributed by atoms with Gasteiger partial charge in [-0.25, -0.2) is 14.1 Å². The summed E-state index contributed by atoms with van der Waals surface area (Å²) < 4.78 is 21.6.